The smallest absolute Gasteiger partial charge is 0.252 e. The summed E-state index contributed by atoms with van der Waals surface area (Å²) < 4.78 is 0. The van der Waals surface area contributed by atoms with Crippen molar-refractivity contribution in [3.8, 4) is 0 Å². The summed E-state index contributed by atoms with van der Waals surface area (Å²) in [4.78, 5) is 25.1. The maximum Gasteiger partial charge on any atom is 0.252 e. The molecule has 1 saturated heterocycles. The third kappa shape index (κ3) is 4.04. The van der Waals surface area contributed by atoms with E-state index in [0.29, 0.717) is 19.4 Å². The molecule has 2 atom stereocenters. The third-order valence-corrected chi connectivity index (χ3v) is 3.79. The topological polar surface area (TPSA) is 83.6 Å². The van der Waals surface area contributed by atoms with Crippen LogP contribution in [0, 0.1) is 6.42 Å². The lowest BCUT2D eigenvalue weighted by Crippen LogP contribution is -2.53. The lowest BCUT2D eigenvalue weighted by molar-refractivity contribution is -0.146. The maximum atomic E-state index is 12.3. The van der Waals surface area contributed by atoms with Gasteiger partial charge < -0.3 is 15.7 Å². The summed E-state index contributed by atoms with van der Waals surface area (Å²) in [6.07, 6.45) is 3.15. The molecule has 21 heavy (non-hydrogen) atoms. The van der Waals surface area contributed by atoms with E-state index in [1.54, 1.807) is 6.42 Å². The zero-order valence-corrected chi connectivity index (χ0v) is 11.9. The molecule has 1 fully saturated rings. The molecule has 1 radical (unpaired) electrons. The summed E-state index contributed by atoms with van der Waals surface area (Å²) in [6.45, 7) is 0.475. The van der Waals surface area contributed by atoms with E-state index in [1.165, 1.54) is 4.90 Å². The molecule has 5 nitrogen and oxygen atoms in total. The molecule has 1 aliphatic rings. The SMILES string of the molecule is NC(=O)C1CCCCN1C(=O)[C@H](O)[CH]Cc1ccccc1. The van der Waals surface area contributed by atoms with E-state index < -0.39 is 24.0 Å². The molecule has 1 aromatic rings. The molecular formula is C16H21N2O3. The zero-order chi connectivity index (χ0) is 15.2. The summed E-state index contributed by atoms with van der Waals surface area (Å²) in [5.41, 5.74) is 6.36. The Kier molecular flexibility index (Phi) is 5.33. The van der Waals surface area contributed by atoms with Crippen LogP contribution in [0.2, 0.25) is 0 Å². The van der Waals surface area contributed by atoms with Crippen LogP contribution in [0.5, 0.6) is 0 Å². The number of rotatable bonds is 5. The molecule has 2 amide bonds. The number of carbonyl (C=O) groups excluding carboxylic acids is 2. The molecule has 1 unspecified atom stereocenters. The van der Waals surface area contributed by atoms with Gasteiger partial charge in [0.15, 0.2) is 0 Å². The highest BCUT2D eigenvalue weighted by Crippen LogP contribution is 2.18. The molecule has 113 valence electrons. The first-order chi connectivity index (χ1) is 10.1. The van der Waals surface area contributed by atoms with Crippen molar-refractivity contribution in [2.75, 3.05) is 6.54 Å². The van der Waals surface area contributed by atoms with Crippen LogP contribution in [-0.4, -0.2) is 40.5 Å². The summed E-state index contributed by atoms with van der Waals surface area (Å²) in [5, 5.41) is 10.0. The minimum absolute atomic E-state index is 0.436. The third-order valence-electron chi connectivity index (χ3n) is 3.79. The number of amides is 2. The fourth-order valence-electron chi connectivity index (χ4n) is 2.62. The molecule has 0 saturated carbocycles. The van der Waals surface area contributed by atoms with Gasteiger partial charge in [0.1, 0.15) is 12.1 Å². The van der Waals surface area contributed by atoms with Gasteiger partial charge in [0, 0.05) is 13.0 Å². The highest BCUT2D eigenvalue weighted by Gasteiger charge is 2.33. The number of hydrogen-bond acceptors (Lipinski definition) is 3. The van der Waals surface area contributed by atoms with E-state index in [-0.39, 0.29) is 0 Å². The molecule has 0 bridgehead atoms. The number of nitrogens with zero attached hydrogens (tertiary/aromatic N) is 1. The molecule has 0 aliphatic carbocycles. The Labute approximate surface area is 124 Å². The Morgan fingerprint density at radius 2 is 2.05 bits per heavy atom. The van der Waals surface area contributed by atoms with Gasteiger partial charge in [0.05, 0.1) is 0 Å². The number of likely N-dealkylation sites (tertiary alicyclic amines) is 1. The molecule has 3 N–H and O–H groups in total. The molecule has 1 heterocycles. The second-order valence-electron chi connectivity index (χ2n) is 5.32. The molecule has 2 rings (SSSR count). The van der Waals surface area contributed by atoms with Gasteiger partial charge in [0.25, 0.3) is 5.91 Å². The largest absolute Gasteiger partial charge is 0.383 e. The number of piperidine rings is 1. The Morgan fingerprint density at radius 3 is 2.71 bits per heavy atom. The van der Waals surface area contributed by atoms with Crippen LogP contribution < -0.4 is 5.73 Å². The van der Waals surface area contributed by atoms with Crippen LogP contribution in [-0.2, 0) is 16.0 Å². The van der Waals surface area contributed by atoms with Crippen LogP contribution in [0.4, 0.5) is 0 Å². The summed E-state index contributed by atoms with van der Waals surface area (Å²) in [6, 6.07) is 9.00. The Balaban J connectivity index is 1.93. The second-order valence-corrected chi connectivity index (χ2v) is 5.32. The van der Waals surface area contributed by atoms with Crippen LogP contribution in [0.15, 0.2) is 30.3 Å². The Morgan fingerprint density at radius 1 is 1.33 bits per heavy atom. The lowest BCUT2D eigenvalue weighted by atomic mass is 9.99. The van der Waals surface area contributed by atoms with Crippen molar-refractivity contribution >= 4 is 11.8 Å². The number of hydrogen-bond donors (Lipinski definition) is 2. The van der Waals surface area contributed by atoms with E-state index in [9.17, 15) is 14.7 Å². The predicted molar refractivity (Wildman–Crippen MR) is 79.0 cm³/mol. The monoisotopic (exact) mass is 289 g/mol. The average Bonchev–Trinajstić information content (AvgIpc) is 2.52. The Hall–Kier alpha value is -1.88. The van der Waals surface area contributed by atoms with E-state index >= 15 is 0 Å². The minimum Gasteiger partial charge on any atom is -0.383 e. The maximum absolute atomic E-state index is 12.3. The van der Waals surface area contributed by atoms with Gasteiger partial charge in [-0.25, -0.2) is 0 Å². The average molecular weight is 289 g/mol. The quantitative estimate of drug-likeness (QED) is 0.835. The van der Waals surface area contributed by atoms with Crippen molar-refractivity contribution < 1.29 is 14.7 Å². The van der Waals surface area contributed by atoms with Crippen molar-refractivity contribution in [3.63, 3.8) is 0 Å². The van der Waals surface area contributed by atoms with Gasteiger partial charge >= 0.3 is 0 Å². The molecule has 0 aromatic heterocycles. The molecule has 1 aliphatic heterocycles. The molecule has 0 spiro atoms. The number of carbonyl (C=O) groups is 2. The van der Waals surface area contributed by atoms with Crippen molar-refractivity contribution in [1.29, 1.82) is 0 Å². The van der Waals surface area contributed by atoms with Gasteiger partial charge in [-0.2, -0.15) is 0 Å². The normalized spacial score (nSPS) is 20.0. The van der Waals surface area contributed by atoms with Crippen LogP contribution in [0.3, 0.4) is 0 Å². The highest BCUT2D eigenvalue weighted by molar-refractivity contribution is 5.89. The van der Waals surface area contributed by atoms with Gasteiger partial charge in [-0.1, -0.05) is 30.3 Å². The van der Waals surface area contributed by atoms with Crippen molar-refractivity contribution in [1.82, 2.24) is 4.90 Å². The number of aliphatic hydroxyl groups excluding tert-OH is 1. The number of aliphatic hydroxyl groups is 1. The van der Waals surface area contributed by atoms with E-state index in [4.69, 9.17) is 5.73 Å². The van der Waals surface area contributed by atoms with Gasteiger partial charge in [-0.3, -0.25) is 9.59 Å². The fourth-order valence-corrected chi connectivity index (χ4v) is 2.62. The zero-order valence-electron chi connectivity index (χ0n) is 11.9. The van der Waals surface area contributed by atoms with E-state index in [2.05, 4.69) is 0 Å². The Bertz CT molecular complexity index is 490. The molecule has 5 heteroatoms. The summed E-state index contributed by atoms with van der Waals surface area (Å²) in [5.74, 6) is -0.937. The standard InChI is InChI=1S/C16H21N2O3/c17-15(20)13-8-4-5-11-18(13)16(21)14(19)10-9-12-6-2-1-3-7-12/h1-3,6-7,10,13-14,19H,4-5,8-9,11H2,(H2,17,20)/t13?,14-/m1/s1. The lowest BCUT2D eigenvalue weighted by Gasteiger charge is -2.34. The predicted octanol–water partition coefficient (Wildman–Crippen LogP) is 0.661. The van der Waals surface area contributed by atoms with Crippen LogP contribution in [0.25, 0.3) is 0 Å². The minimum atomic E-state index is -1.20. The van der Waals surface area contributed by atoms with E-state index in [0.717, 1.165) is 18.4 Å². The van der Waals surface area contributed by atoms with Crippen LogP contribution in [0.1, 0.15) is 24.8 Å². The van der Waals surface area contributed by atoms with Gasteiger partial charge in [0.2, 0.25) is 5.91 Å². The van der Waals surface area contributed by atoms with Crippen molar-refractivity contribution in [2.45, 2.75) is 37.8 Å². The second kappa shape index (κ2) is 7.22. The molecule has 1 aromatic carbocycles. The first-order valence-corrected chi connectivity index (χ1v) is 7.24. The van der Waals surface area contributed by atoms with Crippen LogP contribution >= 0.6 is 0 Å². The first-order valence-electron chi connectivity index (χ1n) is 7.24. The molecular weight excluding hydrogens is 268 g/mol. The first kappa shape index (κ1) is 15.5. The summed E-state index contributed by atoms with van der Waals surface area (Å²) in [7, 11) is 0. The number of nitrogens with two attached hydrogens (primary N) is 1. The van der Waals surface area contributed by atoms with E-state index in [1.807, 2.05) is 30.3 Å². The summed E-state index contributed by atoms with van der Waals surface area (Å²) >= 11 is 0. The highest BCUT2D eigenvalue weighted by atomic mass is 16.3. The van der Waals surface area contributed by atoms with Crippen molar-refractivity contribution in [2.24, 2.45) is 5.73 Å². The van der Waals surface area contributed by atoms with Crippen molar-refractivity contribution in [3.05, 3.63) is 42.3 Å². The number of benzene rings is 1. The number of primary amides is 1. The van der Waals surface area contributed by atoms with Gasteiger partial charge in [-0.15, -0.1) is 0 Å². The van der Waals surface area contributed by atoms with Gasteiger partial charge in [-0.05, 0) is 31.2 Å². The fraction of sp³-hybridized carbons (Fsp3) is 0.438.